The molecule has 2 aliphatic rings. The van der Waals surface area contributed by atoms with Crippen molar-refractivity contribution in [3.8, 4) is 17.0 Å². The second kappa shape index (κ2) is 8.53. The van der Waals surface area contributed by atoms with Crippen LogP contribution < -0.4 is 14.5 Å². The highest BCUT2D eigenvalue weighted by Gasteiger charge is 2.29. The SMILES string of the molecule is CS(=O)(=O)Nc1cccc(N2CCc3c(-c4cccc(O)c4)nc(N4CCOCC4)nc32)c1. The highest BCUT2D eigenvalue weighted by atomic mass is 32.2. The van der Waals surface area contributed by atoms with Gasteiger partial charge in [-0.2, -0.15) is 4.98 Å². The van der Waals surface area contributed by atoms with Crippen LogP contribution in [0.25, 0.3) is 11.3 Å². The van der Waals surface area contributed by atoms with Gasteiger partial charge in [-0.15, -0.1) is 0 Å². The van der Waals surface area contributed by atoms with Gasteiger partial charge in [-0.05, 0) is 36.8 Å². The number of hydrogen-bond acceptors (Lipinski definition) is 8. The van der Waals surface area contributed by atoms with Crippen molar-refractivity contribution in [2.24, 2.45) is 0 Å². The molecule has 0 saturated carbocycles. The van der Waals surface area contributed by atoms with Crippen LogP contribution in [0.1, 0.15) is 5.56 Å². The Hall–Kier alpha value is -3.37. The van der Waals surface area contributed by atoms with E-state index in [0.717, 1.165) is 41.0 Å². The Morgan fingerprint density at radius 2 is 1.82 bits per heavy atom. The number of sulfonamides is 1. The van der Waals surface area contributed by atoms with E-state index in [1.165, 1.54) is 0 Å². The number of nitrogens with one attached hydrogen (secondary N) is 1. The van der Waals surface area contributed by atoms with Crippen LogP contribution in [0, 0.1) is 0 Å². The highest BCUT2D eigenvalue weighted by molar-refractivity contribution is 7.92. The lowest BCUT2D eigenvalue weighted by molar-refractivity contribution is 0.122. The van der Waals surface area contributed by atoms with E-state index in [-0.39, 0.29) is 5.75 Å². The quantitative estimate of drug-likeness (QED) is 0.590. The van der Waals surface area contributed by atoms with Crippen LogP contribution in [0.3, 0.4) is 0 Å². The Kier molecular flexibility index (Phi) is 5.55. The number of rotatable bonds is 5. The van der Waals surface area contributed by atoms with Crippen molar-refractivity contribution in [1.82, 2.24) is 9.97 Å². The van der Waals surface area contributed by atoms with Crippen molar-refractivity contribution in [1.29, 1.82) is 0 Å². The maximum atomic E-state index is 11.7. The molecule has 2 N–H and O–H groups in total. The minimum Gasteiger partial charge on any atom is -0.508 e. The number of fused-ring (bicyclic) bond motifs is 1. The van der Waals surface area contributed by atoms with Crippen LogP contribution in [0.5, 0.6) is 5.75 Å². The molecule has 5 rings (SSSR count). The largest absolute Gasteiger partial charge is 0.508 e. The van der Waals surface area contributed by atoms with Crippen LogP contribution in [0.15, 0.2) is 48.5 Å². The van der Waals surface area contributed by atoms with Gasteiger partial charge >= 0.3 is 0 Å². The monoisotopic (exact) mass is 467 g/mol. The second-order valence-corrected chi connectivity index (χ2v) is 9.90. The molecule has 0 amide bonds. The standard InChI is InChI=1S/C23H25N5O4S/c1-33(30,31)26-17-5-3-6-18(15-17)28-9-8-20-21(16-4-2-7-19(29)14-16)24-23(25-22(20)28)27-10-12-32-13-11-27/h2-7,14-15,26,29H,8-13H2,1H3. The van der Waals surface area contributed by atoms with Crippen LogP contribution in [-0.2, 0) is 21.2 Å². The first kappa shape index (κ1) is 21.5. The molecular weight excluding hydrogens is 442 g/mol. The van der Waals surface area contributed by atoms with Gasteiger partial charge in [0.05, 0.1) is 30.9 Å². The lowest BCUT2D eigenvalue weighted by atomic mass is 10.1. The molecule has 33 heavy (non-hydrogen) atoms. The fourth-order valence-corrected chi connectivity index (χ4v) is 4.80. The van der Waals surface area contributed by atoms with Gasteiger partial charge in [0.2, 0.25) is 16.0 Å². The zero-order chi connectivity index (χ0) is 23.0. The van der Waals surface area contributed by atoms with Crippen molar-refractivity contribution < 1.29 is 18.3 Å². The maximum Gasteiger partial charge on any atom is 0.229 e. The molecule has 0 aliphatic carbocycles. The zero-order valence-corrected chi connectivity index (χ0v) is 19.0. The third kappa shape index (κ3) is 4.57. The Balaban J connectivity index is 1.61. The summed E-state index contributed by atoms with van der Waals surface area (Å²) in [5.41, 5.74) is 3.97. The Labute approximate surface area is 192 Å². The normalized spacial score (nSPS) is 16.0. The van der Waals surface area contributed by atoms with Gasteiger partial charge in [-0.3, -0.25) is 4.72 Å². The van der Waals surface area contributed by atoms with E-state index < -0.39 is 10.0 Å². The summed E-state index contributed by atoms with van der Waals surface area (Å²) >= 11 is 0. The summed E-state index contributed by atoms with van der Waals surface area (Å²) in [6, 6.07) is 14.4. The molecule has 0 unspecified atom stereocenters. The average molecular weight is 468 g/mol. The number of anilines is 4. The van der Waals surface area contributed by atoms with E-state index >= 15 is 0 Å². The van der Waals surface area contributed by atoms with E-state index in [2.05, 4.69) is 14.5 Å². The smallest absolute Gasteiger partial charge is 0.229 e. The van der Waals surface area contributed by atoms with Gasteiger partial charge in [-0.25, -0.2) is 13.4 Å². The summed E-state index contributed by atoms with van der Waals surface area (Å²) in [5, 5.41) is 10.1. The van der Waals surface area contributed by atoms with Gasteiger partial charge < -0.3 is 19.6 Å². The fraction of sp³-hybridized carbons (Fsp3) is 0.304. The summed E-state index contributed by atoms with van der Waals surface area (Å²) in [7, 11) is -3.38. The third-order valence-electron chi connectivity index (χ3n) is 5.69. The van der Waals surface area contributed by atoms with E-state index in [4.69, 9.17) is 14.7 Å². The van der Waals surface area contributed by atoms with Crippen molar-refractivity contribution in [3.05, 3.63) is 54.1 Å². The van der Waals surface area contributed by atoms with E-state index in [0.29, 0.717) is 44.5 Å². The maximum absolute atomic E-state index is 11.7. The molecule has 9 nitrogen and oxygen atoms in total. The predicted molar refractivity (Wildman–Crippen MR) is 128 cm³/mol. The molecule has 2 aromatic carbocycles. The molecule has 3 heterocycles. The van der Waals surface area contributed by atoms with Gasteiger partial charge in [0.25, 0.3) is 0 Å². The molecule has 3 aromatic rings. The van der Waals surface area contributed by atoms with Crippen LogP contribution in [0.4, 0.5) is 23.1 Å². The minimum atomic E-state index is -3.38. The zero-order valence-electron chi connectivity index (χ0n) is 18.2. The molecule has 0 radical (unpaired) electrons. The molecule has 10 heteroatoms. The molecular formula is C23H25N5O4S. The molecule has 0 bridgehead atoms. The summed E-state index contributed by atoms with van der Waals surface area (Å²) < 4.78 is 31.4. The number of phenolic OH excluding ortho intramolecular Hbond substituents is 1. The number of ether oxygens (including phenoxy) is 1. The number of nitrogens with zero attached hydrogens (tertiary/aromatic N) is 4. The Morgan fingerprint density at radius 3 is 2.58 bits per heavy atom. The molecule has 0 atom stereocenters. The van der Waals surface area contributed by atoms with E-state index in [1.54, 1.807) is 30.3 Å². The second-order valence-electron chi connectivity index (χ2n) is 8.15. The number of benzene rings is 2. The van der Waals surface area contributed by atoms with Gasteiger partial charge in [0.1, 0.15) is 11.6 Å². The van der Waals surface area contributed by atoms with E-state index in [1.807, 2.05) is 18.2 Å². The average Bonchev–Trinajstić information content (AvgIpc) is 3.22. The van der Waals surface area contributed by atoms with Crippen molar-refractivity contribution in [3.63, 3.8) is 0 Å². The Bertz CT molecular complexity index is 1290. The lowest BCUT2D eigenvalue weighted by Crippen LogP contribution is -2.37. The third-order valence-corrected chi connectivity index (χ3v) is 6.30. The first-order valence-corrected chi connectivity index (χ1v) is 12.6. The van der Waals surface area contributed by atoms with Crippen LogP contribution in [0.2, 0.25) is 0 Å². The van der Waals surface area contributed by atoms with Crippen LogP contribution >= 0.6 is 0 Å². The molecule has 1 aromatic heterocycles. The topological polar surface area (TPSA) is 108 Å². The number of aromatic nitrogens is 2. The molecule has 1 saturated heterocycles. The number of phenols is 1. The summed E-state index contributed by atoms with van der Waals surface area (Å²) in [5.74, 6) is 1.59. The highest BCUT2D eigenvalue weighted by Crippen LogP contribution is 2.40. The summed E-state index contributed by atoms with van der Waals surface area (Å²) in [4.78, 5) is 14.0. The van der Waals surface area contributed by atoms with E-state index in [9.17, 15) is 13.5 Å². The van der Waals surface area contributed by atoms with Crippen molar-refractivity contribution in [2.75, 3.05) is 53.6 Å². The number of aromatic hydroxyl groups is 1. The summed E-state index contributed by atoms with van der Waals surface area (Å²) in [6.07, 6.45) is 1.86. The Morgan fingerprint density at radius 1 is 1.03 bits per heavy atom. The van der Waals surface area contributed by atoms with Gasteiger partial charge in [0, 0.05) is 36.4 Å². The first-order valence-electron chi connectivity index (χ1n) is 10.8. The minimum absolute atomic E-state index is 0.183. The molecule has 2 aliphatic heterocycles. The van der Waals surface area contributed by atoms with Crippen molar-refractivity contribution in [2.45, 2.75) is 6.42 Å². The lowest BCUT2D eigenvalue weighted by Gasteiger charge is -2.28. The first-order chi connectivity index (χ1) is 15.9. The molecule has 0 spiro atoms. The van der Waals surface area contributed by atoms with Gasteiger partial charge in [-0.1, -0.05) is 18.2 Å². The number of morpholine rings is 1. The van der Waals surface area contributed by atoms with Gasteiger partial charge in [0.15, 0.2) is 0 Å². The fourth-order valence-electron chi connectivity index (χ4n) is 4.24. The predicted octanol–water partition coefficient (Wildman–Crippen LogP) is 2.75. The van der Waals surface area contributed by atoms with Crippen LogP contribution in [-0.4, -0.2) is 62.6 Å². The summed E-state index contributed by atoms with van der Waals surface area (Å²) in [6.45, 7) is 3.32. The molecule has 1 fully saturated rings. The van der Waals surface area contributed by atoms with Crippen molar-refractivity contribution >= 4 is 33.2 Å². The number of hydrogen-bond donors (Lipinski definition) is 2. The molecule has 172 valence electrons.